The summed E-state index contributed by atoms with van der Waals surface area (Å²) in [4.78, 5) is 10.8. The number of hydrogen-bond donors (Lipinski definition) is 2. The molecule has 0 radical (unpaired) electrons. The number of urea groups is 1. The van der Waals surface area contributed by atoms with Gasteiger partial charge in [0.1, 0.15) is 5.82 Å². The van der Waals surface area contributed by atoms with Crippen molar-refractivity contribution in [3.63, 3.8) is 0 Å². The van der Waals surface area contributed by atoms with Gasteiger partial charge in [-0.3, -0.25) is 0 Å². The summed E-state index contributed by atoms with van der Waals surface area (Å²) in [5.41, 5.74) is 1.00. The normalized spacial score (nSPS) is 9.46. The average Bonchev–Trinajstić information content (AvgIpc) is 2.11. The van der Waals surface area contributed by atoms with Crippen molar-refractivity contribution in [3.8, 4) is 0 Å². The van der Waals surface area contributed by atoms with Gasteiger partial charge in [-0.05, 0) is 24.6 Å². The molecule has 0 saturated heterocycles. The summed E-state index contributed by atoms with van der Waals surface area (Å²) in [5, 5.41) is 4.84. The SMILES string of the molecule is CNC(=O)Nc1ccc(C)c(F)c1. The molecule has 0 aliphatic carbocycles. The fraction of sp³-hybridized carbons (Fsp3) is 0.222. The summed E-state index contributed by atoms with van der Waals surface area (Å²) in [6.07, 6.45) is 0. The molecule has 3 nitrogen and oxygen atoms in total. The Hall–Kier alpha value is -1.58. The Morgan fingerprint density at radius 2 is 2.15 bits per heavy atom. The molecule has 0 atom stereocenters. The molecule has 70 valence electrons. The maximum atomic E-state index is 13.0. The number of halogens is 1. The molecule has 0 aromatic heterocycles. The van der Waals surface area contributed by atoms with Gasteiger partial charge in [-0.1, -0.05) is 6.07 Å². The Morgan fingerprint density at radius 3 is 2.69 bits per heavy atom. The van der Waals surface area contributed by atoms with Crippen molar-refractivity contribution in [2.75, 3.05) is 12.4 Å². The smallest absolute Gasteiger partial charge is 0.318 e. The summed E-state index contributed by atoms with van der Waals surface area (Å²) >= 11 is 0. The van der Waals surface area contributed by atoms with E-state index in [-0.39, 0.29) is 11.8 Å². The van der Waals surface area contributed by atoms with E-state index in [1.165, 1.54) is 13.1 Å². The molecule has 1 aromatic carbocycles. The molecule has 0 saturated carbocycles. The molecule has 0 spiro atoms. The largest absolute Gasteiger partial charge is 0.341 e. The summed E-state index contributed by atoms with van der Waals surface area (Å²) in [6, 6.07) is 4.18. The van der Waals surface area contributed by atoms with Crippen LogP contribution >= 0.6 is 0 Å². The monoisotopic (exact) mass is 182 g/mol. The van der Waals surface area contributed by atoms with E-state index in [9.17, 15) is 9.18 Å². The van der Waals surface area contributed by atoms with Crippen LogP contribution in [0.4, 0.5) is 14.9 Å². The second-order valence-corrected chi connectivity index (χ2v) is 2.67. The van der Waals surface area contributed by atoms with Gasteiger partial charge < -0.3 is 10.6 Å². The molecule has 0 unspecified atom stereocenters. The second kappa shape index (κ2) is 3.89. The lowest BCUT2D eigenvalue weighted by Gasteiger charge is -2.04. The van der Waals surface area contributed by atoms with E-state index in [4.69, 9.17) is 0 Å². The minimum absolute atomic E-state index is 0.325. The zero-order valence-electron chi connectivity index (χ0n) is 7.52. The predicted octanol–water partition coefficient (Wildman–Crippen LogP) is 1.89. The van der Waals surface area contributed by atoms with Crippen LogP contribution in [-0.4, -0.2) is 13.1 Å². The Balaban J connectivity index is 2.79. The first-order chi connectivity index (χ1) is 6.13. The fourth-order valence-corrected chi connectivity index (χ4v) is 0.864. The Bertz CT molecular complexity index is 325. The molecule has 0 bridgehead atoms. The van der Waals surface area contributed by atoms with E-state index in [1.807, 2.05) is 0 Å². The number of nitrogens with one attached hydrogen (secondary N) is 2. The lowest BCUT2D eigenvalue weighted by atomic mass is 10.2. The third-order valence-corrected chi connectivity index (χ3v) is 1.66. The first kappa shape index (κ1) is 9.51. The molecule has 0 heterocycles. The van der Waals surface area contributed by atoms with Crippen LogP contribution in [0.15, 0.2) is 18.2 Å². The predicted molar refractivity (Wildman–Crippen MR) is 49.2 cm³/mol. The van der Waals surface area contributed by atoms with Gasteiger partial charge in [-0.15, -0.1) is 0 Å². The van der Waals surface area contributed by atoms with Crippen LogP contribution in [0.25, 0.3) is 0 Å². The quantitative estimate of drug-likeness (QED) is 0.684. The molecule has 13 heavy (non-hydrogen) atoms. The molecule has 0 aliphatic heterocycles. The van der Waals surface area contributed by atoms with Gasteiger partial charge in [-0.25, -0.2) is 9.18 Å². The van der Waals surface area contributed by atoms with E-state index < -0.39 is 0 Å². The number of aryl methyl sites for hydroxylation is 1. The number of rotatable bonds is 1. The highest BCUT2D eigenvalue weighted by Crippen LogP contribution is 2.12. The number of carbonyl (C=O) groups is 1. The van der Waals surface area contributed by atoms with Crippen molar-refractivity contribution in [2.24, 2.45) is 0 Å². The number of anilines is 1. The van der Waals surface area contributed by atoms with Crippen LogP contribution in [0, 0.1) is 12.7 Å². The molecule has 2 N–H and O–H groups in total. The Labute approximate surface area is 76.0 Å². The van der Waals surface area contributed by atoms with Crippen molar-refractivity contribution < 1.29 is 9.18 Å². The zero-order valence-corrected chi connectivity index (χ0v) is 7.52. The Kier molecular flexibility index (Phi) is 2.84. The standard InChI is InChI=1S/C9H11FN2O/c1-6-3-4-7(5-8(6)10)12-9(13)11-2/h3-5H,1-2H3,(H2,11,12,13). The molecule has 0 aliphatic rings. The van der Waals surface area contributed by atoms with Gasteiger partial charge in [0.25, 0.3) is 0 Å². The van der Waals surface area contributed by atoms with Gasteiger partial charge in [0.15, 0.2) is 0 Å². The van der Waals surface area contributed by atoms with Crippen molar-refractivity contribution in [2.45, 2.75) is 6.92 Å². The van der Waals surface area contributed by atoms with Gasteiger partial charge in [-0.2, -0.15) is 0 Å². The summed E-state index contributed by atoms with van der Waals surface area (Å²) in [5.74, 6) is -0.325. The van der Waals surface area contributed by atoms with E-state index >= 15 is 0 Å². The molecule has 2 amide bonds. The topological polar surface area (TPSA) is 41.1 Å². The van der Waals surface area contributed by atoms with Crippen LogP contribution < -0.4 is 10.6 Å². The van der Waals surface area contributed by atoms with E-state index in [1.54, 1.807) is 19.1 Å². The number of carbonyl (C=O) groups excluding carboxylic acids is 1. The van der Waals surface area contributed by atoms with Crippen molar-refractivity contribution in [1.29, 1.82) is 0 Å². The molecular formula is C9H11FN2O. The highest BCUT2D eigenvalue weighted by Gasteiger charge is 2.01. The minimum Gasteiger partial charge on any atom is -0.341 e. The zero-order chi connectivity index (χ0) is 9.84. The van der Waals surface area contributed by atoms with Crippen LogP contribution in [0.1, 0.15) is 5.56 Å². The number of hydrogen-bond acceptors (Lipinski definition) is 1. The number of amides is 2. The summed E-state index contributed by atoms with van der Waals surface area (Å²) < 4.78 is 13.0. The van der Waals surface area contributed by atoms with Gasteiger partial charge in [0, 0.05) is 12.7 Å². The minimum atomic E-state index is -0.358. The highest BCUT2D eigenvalue weighted by atomic mass is 19.1. The Morgan fingerprint density at radius 1 is 1.46 bits per heavy atom. The van der Waals surface area contributed by atoms with Gasteiger partial charge in [0.05, 0.1) is 0 Å². The third kappa shape index (κ3) is 2.43. The lowest BCUT2D eigenvalue weighted by molar-refractivity contribution is 0.254. The maximum Gasteiger partial charge on any atom is 0.318 e. The lowest BCUT2D eigenvalue weighted by Crippen LogP contribution is -2.24. The molecule has 0 fully saturated rings. The first-order valence-corrected chi connectivity index (χ1v) is 3.88. The fourth-order valence-electron chi connectivity index (χ4n) is 0.864. The molecule has 4 heteroatoms. The van der Waals surface area contributed by atoms with Crippen molar-refractivity contribution in [1.82, 2.24) is 5.32 Å². The third-order valence-electron chi connectivity index (χ3n) is 1.66. The number of benzene rings is 1. The summed E-state index contributed by atoms with van der Waals surface area (Å²) in [6.45, 7) is 1.67. The molecular weight excluding hydrogens is 171 g/mol. The summed E-state index contributed by atoms with van der Waals surface area (Å²) in [7, 11) is 1.50. The molecule has 1 rings (SSSR count). The van der Waals surface area contributed by atoms with Gasteiger partial charge in [0.2, 0.25) is 0 Å². The van der Waals surface area contributed by atoms with Crippen molar-refractivity contribution in [3.05, 3.63) is 29.6 Å². The first-order valence-electron chi connectivity index (χ1n) is 3.88. The molecule has 1 aromatic rings. The van der Waals surface area contributed by atoms with E-state index in [0.29, 0.717) is 11.3 Å². The van der Waals surface area contributed by atoms with E-state index in [0.717, 1.165) is 0 Å². The maximum absolute atomic E-state index is 13.0. The average molecular weight is 182 g/mol. The van der Waals surface area contributed by atoms with Crippen LogP contribution in [0.2, 0.25) is 0 Å². The highest BCUT2D eigenvalue weighted by molar-refractivity contribution is 5.88. The van der Waals surface area contributed by atoms with Crippen molar-refractivity contribution >= 4 is 11.7 Å². The van der Waals surface area contributed by atoms with Crippen LogP contribution in [-0.2, 0) is 0 Å². The van der Waals surface area contributed by atoms with Crippen LogP contribution in [0.5, 0.6) is 0 Å². The van der Waals surface area contributed by atoms with E-state index in [2.05, 4.69) is 10.6 Å². The van der Waals surface area contributed by atoms with Crippen LogP contribution in [0.3, 0.4) is 0 Å². The second-order valence-electron chi connectivity index (χ2n) is 2.67. The van der Waals surface area contributed by atoms with Gasteiger partial charge >= 0.3 is 6.03 Å².